The molecule has 0 N–H and O–H groups in total. The molecule has 0 spiro atoms. The second kappa shape index (κ2) is 5.34. The second-order valence-electron chi connectivity index (χ2n) is 5.35. The molecular formula is C13H21NO3. The van der Waals surface area contributed by atoms with E-state index in [-0.39, 0.29) is 12.1 Å². The van der Waals surface area contributed by atoms with Gasteiger partial charge in [0.2, 0.25) is 0 Å². The molecule has 2 atom stereocenters. The Balaban J connectivity index is 2.77. The van der Waals surface area contributed by atoms with Crippen molar-refractivity contribution in [2.45, 2.75) is 57.7 Å². The second-order valence-corrected chi connectivity index (χ2v) is 5.35. The fraction of sp³-hybridized carbons (Fsp3) is 0.692. The third-order valence-corrected chi connectivity index (χ3v) is 2.75. The van der Waals surface area contributed by atoms with E-state index in [1.54, 1.807) is 11.0 Å². The fourth-order valence-electron chi connectivity index (χ4n) is 2.07. The van der Waals surface area contributed by atoms with E-state index in [1.165, 1.54) is 0 Å². The summed E-state index contributed by atoms with van der Waals surface area (Å²) >= 11 is 0. The van der Waals surface area contributed by atoms with Gasteiger partial charge in [0.1, 0.15) is 11.9 Å². The predicted octanol–water partition coefficient (Wildman–Crippen LogP) is 2.53. The minimum absolute atomic E-state index is 0.0394. The molecule has 0 bridgehead atoms. The summed E-state index contributed by atoms with van der Waals surface area (Å²) in [4.78, 5) is 24.5. The number of carbonyl (C=O) groups excluding carboxylic acids is 2. The van der Waals surface area contributed by atoms with E-state index in [9.17, 15) is 9.59 Å². The van der Waals surface area contributed by atoms with Crippen molar-refractivity contribution in [2.24, 2.45) is 0 Å². The van der Waals surface area contributed by atoms with Gasteiger partial charge in [-0.05, 0) is 40.0 Å². The zero-order valence-corrected chi connectivity index (χ0v) is 10.8. The molecule has 0 aliphatic carbocycles. The molecule has 1 aliphatic rings. The topological polar surface area (TPSA) is 46.6 Å². The van der Waals surface area contributed by atoms with Crippen LogP contribution in [0.25, 0.3) is 0 Å². The van der Waals surface area contributed by atoms with E-state index >= 15 is 0 Å². The predicted molar refractivity (Wildman–Crippen MR) is 65.8 cm³/mol. The van der Waals surface area contributed by atoms with Crippen molar-refractivity contribution in [3.8, 4) is 0 Å². The zero-order chi connectivity index (χ0) is 13.1. The van der Waals surface area contributed by atoms with Gasteiger partial charge in [0, 0.05) is 6.04 Å². The van der Waals surface area contributed by atoms with Gasteiger partial charge in [-0.2, -0.15) is 0 Å². The molecule has 1 saturated heterocycles. The van der Waals surface area contributed by atoms with Crippen LogP contribution in [0.1, 0.15) is 40.0 Å². The molecular weight excluding hydrogens is 218 g/mol. The van der Waals surface area contributed by atoms with Crippen LogP contribution in [0.5, 0.6) is 0 Å². The monoisotopic (exact) mass is 239 g/mol. The quantitative estimate of drug-likeness (QED) is 0.561. The number of amides is 1. The Morgan fingerprint density at radius 1 is 1.47 bits per heavy atom. The molecule has 0 aromatic heterocycles. The van der Waals surface area contributed by atoms with E-state index in [0.29, 0.717) is 12.8 Å². The summed E-state index contributed by atoms with van der Waals surface area (Å²) in [5.74, 6) is 0. The summed E-state index contributed by atoms with van der Waals surface area (Å²) in [6.07, 6.45) is 4.43. The van der Waals surface area contributed by atoms with Gasteiger partial charge in [0.05, 0.1) is 6.04 Å². The lowest BCUT2D eigenvalue weighted by Gasteiger charge is -2.30. The number of hydrogen-bond acceptors (Lipinski definition) is 3. The molecule has 17 heavy (non-hydrogen) atoms. The van der Waals surface area contributed by atoms with Crippen molar-refractivity contribution < 1.29 is 14.3 Å². The number of aldehydes is 1. The molecule has 96 valence electrons. The van der Waals surface area contributed by atoms with Gasteiger partial charge in [0.25, 0.3) is 0 Å². The largest absolute Gasteiger partial charge is 0.444 e. The number of carbonyl (C=O) groups is 2. The highest BCUT2D eigenvalue weighted by atomic mass is 16.6. The van der Waals surface area contributed by atoms with Gasteiger partial charge in [-0.1, -0.05) is 6.08 Å². The van der Waals surface area contributed by atoms with Crippen LogP contribution in [0, 0.1) is 0 Å². The first-order valence-corrected chi connectivity index (χ1v) is 5.96. The Morgan fingerprint density at radius 2 is 2.12 bits per heavy atom. The first-order chi connectivity index (χ1) is 7.89. The van der Waals surface area contributed by atoms with Crippen molar-refractivity contribution in [3.63, 3.8) is 0 Å². The number of likely N-dealkylation sites (tertiary alicyclic amines) is 1. The number of rotatable bonds is 3. The highest BCUT2D eigenvalue weighted by Crippen LogP contribution is 2.27. The van der Waals surface area contributed by atoms with Gasteiger partial charge in [-0.3, -0.25) is 4.90 Å². The van der Waals surface area contributed by atoms with Crippen molar-refractivity contribution in [2.75, 3.05) is 0 Å². The normalized spacial score (nSPS) is 24.5. The van der Waals surface area contributed by atoms with Crippen molar-refractivity contribution >= 4 is 12.4 Å². The third kappa shape index (κ3) is 3.58. The molecule has 0 radical (unpaired) electrons. The molecule has 1 heterocycles. The van der Waals surface area contributed by atoms with Gasteiger partial charge in [-0.15, -0.1) is 6.58 Å². The van der Waals surface area contributed by atoms with E-state index in [1.807, 2.05) is 20.8 Å². The molecule has 0 saturated carbocycles. The summed E-state index contributed by atoms with van der Waals surface area (Å²) in [6.45, 7) is 9.13. The van der Waals surface area contributed by atoms with Crippen LogP contribution in [-0.4, -0.2) is 35.0 Å². The molecule has 4 nitrogen and oxygen atoms in total. The minimum Gasteiger partial charge on any atom is -0.444 e. The van der Waals surface area contributed by atoms with Crippen LogP contribution in [0.15, 0.2) is 12.7 Å². The Morgan fingerprint density at radius 3 is 2.59 bits per heavy atom. The fourth-order valence-corrected chi connectivity index (χ4v) is 2.07. The van der Waals surface area contributed by atoms with Gasteiger partial charge < -0.3 is 9.53 Å². The molecule has 1 rings (SSSR count). The Bertz CT molecular complexity index is 306. The maximum absolute atomic E-state index is 12.0. The van der Waals surface area contributed by atoms with Crippen LogP contribution in [0.4, 0.5) is 4.79 Å². The van der Waals surface area contributed by atoms with Crippen LogP contribution < -0.4 is 0 Å². The van der Waals surface area contributed by atoms with Crippen molar-refractivity contribution in [3.05, 3.63) is 12.7 Å². The number of nitrogens with zero attached hydrogens (tertiary/aromatic N) is 1. The molecule has 1 fully saturated rings. The number of ether oxygens (including phenoxy) is 1. The van der Waals surface area contributed by atoms with E-state index in [2.05, 4.69) is 6.58 Å². The third-order valence-electron chi connectivity index (χ3n) is 2.75. The lowest BCUT2D eigenvalue weighted by molar-refractivity contribution is -0.112. The van der Waals surface area contributed by atoms with E-state index in [4.69, 9.17) is 4.74 Å². The molecule has 4 heteroatoms. The van der Waals surface area contributed by atoms with Crippen LogP contribution in [0.3, 0.4) is 0 Å². The van der Waals surface area contributed by atoms with Crippen LogP contribution >= 0.6 is 0 Å². The lowest BCUT2D eigenvalue weighted by Crippen LogP contribution is -2.44. The molecule has 0 aromatic rings. The summed E-state index contributed by atoms with van der Waals surface area (Å²) in [5, 5.41) is 0. The summed E-state index contributed by atoms with van der Waals surface area (Å²) in [6, 6.07) is -0.313. The standard InChI is InChI=1S/C13H21NO3/c1-5-6-10-7-8-11(9-15)14(10)12(16)17-13(2,3)4/h5,9-11H,1,6-8H2,2-4H3/t10-,11?/m1/s1. The zero-order valence-electron chi connectivity index (χ0n) is 10.8. The average molecular weight is 239 g/mol. The minimum atomic E-state index is -0.536. The van der Waals surface area contributed by atoms with Crippen LogP contribution in [-0.2, 0) is 9.53 Å². The maximum Gasteiger partial charge on any atom is 0.411 e. The number of hydrogen-bond donors (Lipinski definition) is 0. The Hall–Kier alpha value is -1.32. The molecule has 1 aliphatic heterocycles. The van der Waals surface area contributed by atoms with Gasteiger partial charge in [-0.25, -0.2) is 4.79 Å². The Kier molecular flexibility index (Phi) is 4.32. The summed E-state index contributed by atoms with van der Waals surface area (Å²) in [7, 11) is 0. The molecule has 0 aromatic carbocycles. The van der Waals surface area contributed by atoms with Crippen molar-refractivity contribution in [1.82, 2.24) is 4.90 Å². The first-order valence-electron chi connectivity index (χ1n) is 5.96. The molecule has 1 unspecified atom stereocenters. The first kappa shape index (κ1) is 13.7. The lowest BCUT2D eigenvalue weighted by atomic mass is 10.1. The molecule has 1 amide bonds. The summed E-state index contributed by atoms with van der Waals surface area (Å²) < 4.78 is 5.32. The van der Waals surface area contributed by atoms with E-state index in [0.717, 1.165) is 12.7 Å². The smallest absolute Gasteiger partial charge is 0.411 e. The van der Waals surface area contributed by atoms with Gasteiger partial charge in [0.15, 0.2) is 0 Å². The highest BCUT2D eigenvalue weighted by Gasteiger charge is 2.38. The maximum atomic E-state index is 12.0. The SMILES string of the molecule is C=CC[C@@H]1CCC(C=O)N1C(=O)OC(C)(C)C. The average Bonchev–Trinajstić information content (AvgIpc) is 2.58. The van der Waals surface area contributed by atoms with Crippen molar-refractivity contribution in [1.29, 1.82) is 0 Å². The Labute approximate surface area is 103 Å². The highest BCUT2D eigenvalue weighted by molar-refractivity contribution is 5.75. The van der Waals surface area contributed by atoms with Gasteiger partial charge >= 0.3 is 6.09 Å². The summed E-state index contributed by atoms with van der Waals surface area (Å²) in [5.41, 5.74) is -0.536. The van der Waals surface area contributed by atoms with E-state index < -0.39 is 11.7 Å². The van der Waals surface area contributed by atoms with Crippen LogP contribution in [0.2, 0.25) is 0 Å².